The van der Waals surface area contributed by atoms with E-state index in [1.807, 2.05) is 0 Å². The highest BCUT2D eigenvalue weighted by molar-refractivity contribution is 4.97. The van der Waals surface area contributed by atoms with Gasteiger partial charge in [0.15, 0.2) is 0 Å². The van der Waals surface area contributed by atoms with Gasteiger partial charge in [0.25, 0.3) is 0 Å². The lowest BCUT2D eigenvalue weighted by Gasteiger charge is -2.14. The van der Waals surface area contributed by atoms with Crippen molar-refractivity contribution < 1.29 is 0 Å². The molecular formula is C9H16. The Bertz CT molecular complexity index is 103. The molecule has 0 fully saturated rings. The van der Waals surface area contributed by atoms with E-state index in [9.17, 15) is 0 Å². The topological polar surface area (TPSA) is 0 Å². The maximum atomic E-state index is 2.38. The van der Waals surface area contributed by atoms with Gasteiger partial charge in [-0.3, -0.25) is 0 Å². The Morgan fingerprint density at radius 2 is 2.44 bits per heavy atom. The highest BCUT2D eigenvalue weighted by Gasteiger charge is 2.14. The first-order chi connectivity index (χ1) is 4.34. The molecule has 1 unspecified atom stereocenters. The van der Waals surface area contributed by atoms with Crippen LogP contribution in [0.5, 0.6) is 0 Å². The number of rotatable bonds is 2. The van der Waals surface area contributed by atoms with Crippen LogP contribution in [0.15, 0.2) is 12.2 Å². The van der Waals surface area contributed by atoms with Crippen LogP contribution in [-0.2, 0) is 0 Å². The SMILES string of the molecule is CC[C@@H](C)C1C=CCC1. The van der Waals surface area contributed by atoms with Crippen LogP contribution in [0, 0.1) is 11.8 Å². The number of hydrogen-bond acceptors (Lipinski definition) is 0. The average molecular weight is 124 g/mol. The van der Waals surface area contributed by atoms with E-state index in [1.165, 1.54) is 19.3 Å². The first-order valence-corrected chi connectivity index (χ1v) is 4.01. The van der Waals surface area contributed by atoms with Gasteiger partial charge in [0.1, 0.15) is 0 Å². The molecule has 0 aromatic rings. The molecule has 0 heterocycles. The number of allylic oxidation sites excluding steroid dienone is 2. The van der Waals surface area contributed by atoms with E-state index in [0.29, 0.717) is 0 Å². The molecule has 0 aliphatic heterocycles. The lowest BCUT2D eigenvalue weighted by molar-refractivity contribution is 0.411. The summed E-state index contributed by atoms with van der Waals surface area (Å²) in [5, 5.41) is 0. The van der Waals surface area contributed by atoms with Gasteiger partial charge in [-0.05, 0) is 24.7 Å². The first-order valence-electron chi connectivity index (χ1n) is 4.01. The summed E-state index contributed by atoms with van der Waals surface area (Å²) in [7, 11) is 0. The molecule has 0 aromatic carbocycles. The van der Waals surface area contributed by atoms with E-state index in [-0.39, 0.29) is 0 Å². The summed E-state index contributed by atoms with van der Waals surface area (Å²) in [4.78, 5) is 0. The standard InChI is InChI=1S/C9H16/c1-3-8(2)9-6-4-5-7-9/h4,6,8-9H,3,5,7H2,1-2H3/t8-,9?/m1/s1. The van der Waals surface area contributed by atoms with Crippen LogP contribution < -0.4 is 0 Å². The third-order valence-corrected chi connectivity index (χ3v) is 2.42. The van der Waals surface area contributed by atoms with Gasteiger partial charge in [-0.15, -0.1) is 0 Å². The lowest BCUT2D eigenvalue weighted by Crippen LogP contribution is -2.04. The second-order valence-electron chi connectivity index (χ2n) is 3.05. The second kappa shape index (κ2) is 3.05. The molecule has 1 rings (SSSR count). The predicted octanol–water partition coefficient (Wildman–Crippen LogP) is 3.00. The molecule has 1 aliphatic carbocycles. The third-order valence-electron chi connectivity index (χ3n) is 2.42. The molecule has 2 atom stereocenters. The van der Waals surface area contributed by atoms with Crippen molar-refractivity contribution in [2.75, 3.05) is 0 Å². The Hall–Kier alpha value is -0.260. The van der Waals surface area contributed by atoms with Gasteiger partial charge in [-0.1, -0.05) is 32.4 Å². The quantitative estimate of drug-likeness (QED) is 0.496. The van der Waals surface area contributed by atoms with Crippen molar-refractivity contribution in [3.05, 3.63) is 12.2 Å². The van der Waals surface area contributed by atoms with Gasteiger partial charge < -0.3 is 0 Å². The van der Waals surface area contributed by atoms with E-state index >= 15 is 0 Å². The highest BCUT2D eigenvalue weighted by Crippen LogP contribution is 2.26. The van der Waals surface area contributed by atoms with Crippen molar-refractivity contribution in [2.45, 2.75) is 33.1 Å². The van der Waals surface area contributed by atoms with Gasteiger partial charge in [0.05, 0.1) is 0 Å². The van der Waals surface area contributed by atoms with E-state index in [4.69, 9.17) is 0 Å². The van der Waals surface area contributed by atoms with Crippen molar-refractivity contribution in [1.29, 1.82) is 0 Å². The van der Waals surface area contributed by atoms with E-state index < -0.39 is 0 Å². The Morgan fingerprint density at radius 3 is 2.89 bits per heavy atom. The maximum absolute atomic E-state index is 2.38. The van der Waals surface area contributed by atoms with Gasteiger partial charge in [-0.25, -0.2) is 0 Å². The average Bonchev–Trinajstić information content (AvgIpc) is 2.37. The van der Waals surface area contributed by atoms with Gasteiger partial charge in [-0.2, -0.15) is 0 Å². The highest BCUT2D eigenvalue weighted by atomic mass is 14.2. The second-order valence-corrected chi connectivity index (χ2v) is 3.05. The van der Waals surface area contributed by atoms with Gasteiger partial charge in [0.2, 0.25) is 0 Å². The van der Waals surface area contributed by atoms with E-state index in [1.54, 1.807) is 0 Å². The van der Waals surface area contributed by atoms with Crippen LogP contribution in [0.3, 0.4) is 0 Å². The zero-order valence-corrected chi connectivity index (χ0v) is 6.43. The number of hydrogen-bond donors (Lipinski definition) is 0. The molecular weight excluding hydrogens is 108 g/mol. The molecule has 9 heavy (non-hydrogen) atoms. The molecule has 0 nitrogen and oxygen atoms in total. The molecule has 0 saturated carbocycles. The Kier molecular flexibility index (Phi) is 2.32. The third kappa shape index (κ3) is 1.57. The van der Waals surface area contributed by atoms with Crippen molar-refractivity contribution in [2.24, 2.45) is 11.8 Å². The summed E-state index contributed by atoms with van der Waals surface area (Å²) in [6, 6.07) is 0. The molecule has 52 valence electrons. The van der Waals surface area contributed by atoms with E-state index in [0.717, 1.165) is 11.8 Å². The largest absolute Gasteiger partial charge is 0.0882 e. The fourth-order valence-electron chi connectivity index (χ4n) is 1.43. The van der Waals surface area contributed by atoms with E-state index in [2.05, 4.69) is 26.0 Å². The van der Waals surface area contributed by atoms with Crippen LogP contribution in [0.25, 0.3) is 0 Å². The summed E-state index contributed by atoms with van der Waals surface area (Å²) in [6.07, 6.45) is 8.74. The lowest BCUT2D eigenvalue weighted by atomic mass is 9.92. The molecule has 0 aromatic heterocycles. The normalized spacial score (nSPS) is 28.9. The monoisotopic (exact) mass is 124 g/mol. The predicted molar refractivity (Wildman–Crippen MR) is 41.3 cm³/mol. The minimum Gasteiger partial charge on any atom is -0.0882 e. The van der Waals surface area contributed by atoms with Crippen molar-refractivity contribution in [3.63, 3.8) is 0 Å². The summed E-state index contributed by atoms with van der Waals surface area (Å²) < 4.78 is 0. The molecule has 0 radical (unpaired) electrons. The zero-order valence-electron chi connectivity index (χ0n) is 6.43. The van der Waals surface area contributed by atoms with Crippen LogP contribution in [-0.4, -0.2) is 0 Å². The summed E-state index contributed by atoms with van der Waals surface area (Å²) in [5.41, 5.74) is 0. The summed E-state index contributed by atoms with van der Waals surface area (Å²) in [5.74, 6) is 1.80. The minimum absolute atomic E-state index is 0.898. The van der Waals surface area contributed by atoms with Gasteiger partial charge >= 0.3 is 0 Å². The molecule has 0 saturated heterocycles. The molecule has 0 heteroatoms. The van der Waals surface area contributed by atoms with Crippen LogP contribution >= 0.6 is 0 Å². The molecule has 0 spiro atoms. The molecule has 1 aliphatic rings. The maximum Gasteiger partial charge on any atom is -0.0205 e. The van der Waals surface area contributed by atoms with Crippen molar-refractivity contribution >= 4 is 0 Å². The fourth-order valence-corrected chi connectivity index (χ4v) is 1.43. The van der Waals surface area contributed by atoms with Crippen molar-refractivity contribution in [3.8, 4) is 0 Å². The Morgan fingerprint density at radius 1 is 1.67 bits per heavy atom. The van der Waals surface area contributed by atoms with Crippen LogP contribution in [0.2, 0.25) is 0 Å². The van der Waals surface area contributed by atoms with Gasteiger partial charge in [0, 0.05) is 0 Å². The smallest absolute Gasteiger partial charge is 0.0205 e. The summed E-state index contributed by atoms with van der Waals surface area (Å²) in [6.45, 7) is 4.62. The Balaban J connectivity index is 2.33. The molecule has 0 N–H and O–H groups in total. The molecule has 0 amide bonds. The Labute approximate surface area is 58.0 Å². The fraction of sp³-hybridized carbons (Fsp3) is 0.778. The van der Waals surface area contributed by atoms with Crippen LogP contribution in [0.4, 0.5) is 0 Å². The van der Waals surface area contributed by atoms with Crippen LogP contribution in [0.1, 0.15) is 33.1 Å². The molecule has 0 bridgehead atoms. The zero-order chi connectivity index (χ0) is 6.69. The minimum atomic E-state index is 0.898. The van der Waals surface area contributed by atoms with Crippen molar-refractivity contribution in [1.82, 2.24) is 0 Å². The summed E-state index contributed by atoms with van der Waals surface area (Å²) >= 11 is 0. The first kappa shape index (κ1) is 6.85.